The first kappa shape index (κ1) is 18.0. The molecule has 0 bridgehead atoms. The maximum absolute atomic E-state index is 11.9. The standard InChI is InChI=1S/C14H27F3Si/c1-2-3-4-5-6-7-8-9-10-11-12-13-18-14(15,16)17/h2-13H2,1H3. The van der Waals surface area contributed by atoms with Crippen LogP contribution in [0.3, 0.4) is 0 Å². The lowest BCUT2D eigenvalue weighted by atomic mass is 10.1. The molecule has 18 heavy (non-hydrogen) atoms. The highest BCUT2D eigenvalue weighted by molar-refractivity contribution is 6.37. The minimum absolute atomic E-state index is 0.334. The topological polar surface area (TPSA) is 0 Å². The Kier molecular flexibility index (Phi) is 12.1. The Labute approximate surface area is 113 Å². The monoisotopic (exact) mass is 280 g/mol. The molecule has 0 aliphatic rings. The lowest BCUT2D eigenvalue weighted by molar-refractivity contribution is -0.0472. The average molecular weight is 280 g/mol. The van der Waals surface area contributed by atoms with Crippen molar-refractivity contribution < 1.29 is 13.2 Å². The van der Waals surface area contributed by atoms with Gasteiger partial charge in [-0.25, -0.2) is 0 Å². The van der Waals surface area contributed by atoms with Crippen molar-refractivity contribution in [3.05, 3.63) is 0 Å². The minimum Gasteiger partial charge on any atom is -0.178 e. The van der Waals surface area contributed by atoms with Crippen LogP contribution in [-0.4, -0.2) is 15.3 Å². The summed E-state index contributed by atoms with van der Waals surface area (Å²) in [5, 5.41) is 0. The van der Waals surface area contributed by atoms with Crippen LogP contribution in [0.5, 0.6) is 0 Å². The van der Waals surface area contributed by atoms with Crippen molar-refractivity contribution in [2.75, 3.05) is 0 Å². The summed E-state index contributed by atoms with van der Waals surface area (Å²) < 4.78 is 35.6. The fourth-order valence-electron chi connectivity index (χ4n) is 2.02. The largest absolute Gasteiger partial charge is 0.357 e. The van der Waals surface area contributed by atoms with Crippen LogP contribution in [0, 0.1) is 0 Å². The van der Waals surface area contributed by atoms with Gasteiger partial charge < -0.3 is 0 Å². The van der Waals surface area contributed by atoms with E-state index in [1.165, 1.54) is 51.4 Å². The van der Waals surface area contributed by atoms with Gasteiger partial charge in [0.15, 0.2) is 9.52 Å². The van der Waals surface area contributed by atoms with Crippen molar-refractivity contribution in [3.63, 3.8) is 0 Å². The van der Waals surface area contributed by atoms with Crippen molar-refractivity contribution in [1.29, 1.82) is 0 Å². The number of alkyl halides is 3. The second kappa shape index (κ2) is 12.1. The van der Waals surface area contributed by atoms with E-state index in [1.54, 1.807) is 0 Å². The number of rotatable bonds is 12. The molecule has 2 radical (unpaired) electrons. The third kappa shape index (κ3) is 16.0. The summed E-state index contributed by atoms with van der Waals surface area (Å²) >= 11 is 0. The smallest absolute Gasteiger partial charge is 0.178 e. The summed E-state index contributed by atoms with van der Waals surface area (Å²) in [6, 6.07) is 0.334. The Morgan fingerprint density at radius 1 is 0.667 bits per heavy atom. The molecule has 0 rings (SSSR count). The van der Waals surface area contributed by atoms with Gasteiger partial charge in [-0.3, -0.25) is 0 Å². The van der Waals surface area contributed by atoms with Gasteiger partial charge in [-0.2, -0.15) is 13.2 Å². The molecule has 0 saturated carbocycles. The summed E-state index contributed by atoms with van der Waals surface area (Å²) in [7, 11) is -0.847. The zero-order valence-corrected chi connectivity index (χ0v) is 12.6. The Balaban J connectivity index is 2.99. The van der Waals surface area contributed by atoms with Crippen LogP contribution in [0.4, 0.5) is 13.2 Å². The molecule has 0 spiro atoms. The van der Waals surface area contributed by atoms with E-state index in [-0.39, 0.29) is 0 Å². The predicted octanol–water partition coefficient (Wildman–Crippen LogP) is 5.94. The molecule has 108 valence electrons. The summed E-state index contributed by atoms with van der Waals surface area (Å²) in [5.74, 6) is -3.93. The Hall–Kier alpha value is 0.00688. The number of unbranched alkanes of at least 4 members (excludes halogenated alkanes) is 10. The third-order valence-corrected chi connectivity index (χ3v) is 4.11. The lowest BCUT2D eigenvalue weighted by Crippen LogP contribution is -2.17. The first-order valence-electron chi connectivity index (χ1n) is 7.38. The fraction of sp³-hybridized carbons (Fsp3) is 1.00. The van der Waals surface area contributed by atoms with Crippen LogP contribution < -0.4 is 0 Å². The van der Waals surface area contributed by atoms with E-state index in [2.05, 4.69) is 6.92 Å². The Morgan fingerprint density at radius 3 is 1.44 bits per heavy atom. The number of hydrogen-bond acceptors (Lipinski definition) is 0. The lowest BCUT2D eigenvalue weighted by Gasteiger charge is -2.04. The highest BCUT2D eigenvalue weighted by Gasteiger charge is 2.26. The summed E-state index contributed by atoms with van der Waals surface area (Å²) in [6.07, 6.45) is 13.2. The molecular weight excluding hydrogens is 253 g/mol. The maximum atomic E-state index is 11.9. The molecule has 0 fully saturated rings. The van der Waals surface area contributed by atoms with E-state index in [0.29, 0.717) is 6.04 Å². The predicted molar refractivity (Wildman–Crippen MR) is 73.1 cm³/mol. The van der Waals surface area contributed by atoms with Gasteiger partial charge in [-0.1, -0.05) is 83.6 Å². The molecule has 0 unspecified atom stereocenters. The molecule has 0 atom stereocenters. The van der Waals surface area contributed by atoms with Crippen molar-refractivity contribution in [3.8, 4) is 0 Å². The van der Waals surface area contributed by atoms with E-state index in [0.717, 1.165) is 19.3 Å². The second-order valence-corrected chi connectivity index (χ2v) is 6.38. The molecule has 0 amide bonds. The molecular formula is C14H27F3Si. The van der Waals surface area contributed by atoms with E-state index in [9.17, 15) is 13.2 Å². The van der Waals surface area contributed by atoms with Gasteiger partial charge in [-0.15, -0.1) is 0 Å². The van der Waals surface area contributed by atoms with E-state index >= 15 is 0 Å². The Bertz CT molecular complexity index is 169. The van der Waals surface area contributed by atoms with Crippen LogP contribution in [0.2, 0.25) is 6.04 Å². The van der Waals surface area contributed by atoms with E-state index in [1.807, 2.05) is 0 Å². The molecule has 0 aromatic carbocycles. The molecule has 0 heterocycles. The molecule has 0 saturated heterocycles. The van der Waals surface area contributed by atoms with Gasteiger partial charge in [0, 0.05) is 0 Å². The van der Waals surface area contributed by atoms with Crippen LogP contribution in [-0.2, 0) is 0 Å². The normalized spacial score (nSPS) is 12.0. The van der Waals surface area contributed by atoms with E-state index in [4.69, 9.17) is 0 Å². The van der Waals surface area contributed by atoms with Gasteiger partial charge in [-0.05, 0) is 0 Å². The zero-order valence-electron chi connectivity index (χ0n) is 11.6. The number of hydrogen-bond donors (Lipinski definition) is 0. The quantitative estimate of drug-likeness (QED) is 0.306. The van der Waals surface area contributed by atoms with Crippen molar-refractivity contribution in [2.24, 2.45) is 0 Å². The highest BCUT2D eigenvalue weighted by Crippen LogP contribution is 2.17. The summed E-state index contributed by atoms with van der Waals surface area (Å²) in [5.41, 5.74) is 0. The fourth-order valence-corrected chi connectivity index (χ4v) is 2.73. The zero-order chi connectivity index (χ0) is 13.7. The average Bonchev–Trinajstić information content (AvgIpc) is 2.29. The molecule has 4 heteroatoms. The second-order valence-electron chi connectivity index (χ2n) is 4.96. The first-order chi connectivity index (χ1) is 8.56. The Morgan fingerprint density at radius 2 is 1.06 bits per heavy atom. The molecule has 0 N–H and O–H groups in total. The van der Waals surface area contributed by atoms with Gasteiger partial charge in [0.2, 0.25) is 0 Å². The molecule has 0 aromatic heterocycles. The molecule has 0 aromatic rings. The van der Waals surface area contributed by atoms with Crippen molar-refractivity contribution in [2.45, 2.75) is 89.4 Å². The van der Waals surface area contributed by atoms with Gasteiger partial charge >= 0.3 is 5.80 Å². The summed E-state index contributed by atoms with van der Waals surface area (Å²) in [6.45, 7) is 2.22. The maximum Gasteiger partial charge on any atom is 0.357 e. The van der Waals surface area contributed by atoms with Crippen molar-refractivity contribution >= 4 is 9.52 Å². The van der Waals surface area contributed by atoms with Gasteiger partial charge in [0.1, 0.15) is 0 Å². The van der Waals surface area contributed by atoms with Crippen molar-refractivity contribution in [1.82, 2.24) is 0 Å². The van der Waals surface area contributed by atoms with Crippen LogP contribution in [0.15, 0.2) is 0 Å². The van der Waals surface area contributed by atoms with Gasteiger partial charge in [0.05, 0.1) is 0 Å². The van der Waals surface area contributed by atoms with Crippen LogP contribution in [0.1, 0.15) is 77.6 Å². The third-order valence-electron chi connectivity index (χ3n) is 3.11. The molecule has 0 aliphatic carbocycles. The number of halogens is 3. The van der Waals surface area contributed by atoms with E-state index < -0.39 is 15.3 Å². The van der Waals surface area contributed by atoms with Crippen LogP contribution >= 0.6 is 0 Å². The van der Waals surface area contributed by atoms with Gasteiger partial charge in [0.25, 0.3) is 0 Å². The highest BCUT2D eigenvalue weighted by atomic mass is 28.2. The molecule has 0 nitrogen and oxygen atoms in total. The SMILES string of the molecule is CCCCCCCCCCCCC[Si]C(F)(F)F. The summed E-state index contributed by atoms with van der Waals surface area (Å²) in [4.78, 5) is 0. The minimum atomic E-state index is -3.93. The molecule has 0 aliphatic heterocycles. The van der Waals surface area contributed by atoms with Crippen LogP contribution in [0.25, 0.3) is 0 Å². The first-order valence-corrected chi connectivity index (χ1v) is 8.58.